The summed E-state index contributed by atoms with van der Waals surface area (Å²) in [7, 11) is 0. The van der Waals surface area contributed by atoms with E-state index in [1.54, 1.807) is 0 Å². The molecule has 4 heteroatoms. The van der Waals surface area contributed by atoms with E-state index in [0.29, 0.717) is 0 Å². The largest absolute Gasteiger partial charge is 0.310 e. The number of hydrogen-bond donors (Lipinski definition) is 0. The van der Waals surface area contributed by atoms with Crippen LogP contribution >= 0.6 is 0 Å². The lowest BCUT2D eigenvalue weighted by molar-refractivity contribution is 1.18. The molecule has 0 radical (unpaired) electrons. The molecule has 0 spiro atoms. The van der Waals surface area contributed by atoms with Gasteiger partial charge in [-0.2, -0.15) is 0 Å². The summed E-state index contributed by atoms with van der Waals surface area (Å²) in [4.78, 5) is 4.91. The molecule has 0 aliphatic heterocycles. The number of hydrogen-bond acceptors (Lipinski definition) is 2. The first-order chi connectivity index (χ1) is 34.7. The van der Waals surface area contributed by atoms with Crippen LogP contribution in [0.5, 0.6) is 0 Å². The molecule has 0 aliphatic carbocycles. The first-order valence-electron chi connectivity index (χ1n) is 24.0. The Morgan fingerprint density at radius 2 is 0.629 bits per heavy atom. The molecule has 2 heterocycles. The lowest BCUT2D eigenvalue weighted by Gasteiger charge is -2.31. The number of nitrogens with zero attached hydrogens (tertiary/aromatic N) is 4. The van der Waals surface area contributed by atoms with Gasteiger partial charge < -0.3 is 18.9 Å². The van der Waals surface area contributed by atoms with Crippen molar-refractivity contribution in [2.24, 2.45) is 0 Å². The van der Waals surface area contributed by atoms with E-state index in [2.05, 4.69) is 286 Å². The fourth-order valence-corrected chi connectivity index (χ4v) is 11.2. The Morgan fingerprint density at radius 3 is 1.21 bits per heavy atom. The first-order valence-corrected chi connectivity index (χ1v) is 24.0. The molecule has 4 nitrogen and oxygen atoms in total. The van der Waals surface area contributed by atoms with Crippen molar-refractivity contribution in [1.29, 1.82) is 0 Å². The number of para-hydroxylation sites is 6. The summed E-state index contributed by atoms with van der Waals surface area (Å²) in [6.07, 6.45) is 0. The van der Waals surface area contributed by atoms with Gasteiger partial charge >= 0.3 is 0 Å². The van der Waals surface area contributed by atoms with Crippen LogP contribution in [0.25, 0.3) is 87.3 Å². The van der Waals surface area contributed by atoms with Crippen LogP contribution in [0.15, 0.2) is 267 Å². The molecule has 0 unspecified atom stereocenters. The normalized spacial score (nSPS) is 11.7. The quantitative estimate of drug-likeness (QED) is 0.141. The van der Waals surface area contributed by atoms with E-state index in [1.807, 2.05) is 0 Å². The number of anilines is 6. The van der Waals surface area contributed by atoms with Gasteiger partial charge in [0, 0.05) is 66.7 Å². The van der Waals surface area contributed by atoms with Gasteiger partial charge in [-0.1, -0.05) is 158 Å². The molecule has 2 aromatic heterocycles. The number of rotatable bonds is 8. The van der Waals surface area contributed by atoms with Crippen molar-refractivity contribution in [3.63, 3.8) is 0 Å². The summed E-state index contributed by atoms with van der Waals surface area (Å²) in [6.45, 7) is 0. The fraction of sp³-hybridized carbons (Fsp3) is 0. The van der Waals surface area contributed by atoms with Crippen molar-refractivity contribution in [2.75, 3.05) is 9.80 Å². The minimum absolute atomic E-state index is 1.06. The molecule has 328 valence electrons. The molecule has 0 N–H and O–H groups in total. The average Bonchev–Trinajstić information content (AvgIpc) is 3.94. The minimum Gasteiger partial charge on any atom is -0.310 e. The van der Waals surface area contributed by atoms with Gasteiger partial charge in [-0.05, 0) is 136 Å². The Balaban J connectivity index is 1.06. The molecule has 0 saturated heterocycles. The maximum Gasteiger partial charge on any atom is 0.0561 e. The number of fused-ring (bicyclic) bond motifs is 11. The Morgan fingerprint density at radius 1 is 0.214 bits per heavy atom. The molecule has 0 saturated carbocycles. The van der Waals surface area contributed by atoms with Gasteiger partial charge in [-0.3, -0.25) is 0 Å². The topological polar surface area (TPSA) is 16.3 Å². The van der Waals surface area contributed by atoms with Crippen LogP contribution in [-0.4, -0.2) is 9.13 Å². The molecule has 14 aromatic rings. The third-order valence-corrected chi connectivity index (χ3v) is 14.2. The van der Waals surface area contributed by atoms with Crippen LogP contribution in [-0.2, 0) is 0 Å². The highest BCUT2D eigenvalue weighted by Crippen LogP contribution is 2.48. The summed E-state index contributed by atoms with van der Waals surface area (Å²) in [5.41, 5.74) is 13.4. The van der Waals surface area contributed by atoms with Crippen molar-refractivity contribution >= 4 is 110 Å². The Hall–Kier alpha value is -9.38. The van der Waals surface area contributed by atoms with E-state index in [1.165, 1.54) is 70.5 Å². The highest BCUT2D eigenvalue weighted by atomic mass is 15.2. The average molecular weight is 893 g/mol. The Labute approximate surface area is 405 Å². The van der Waals surface area contributed by atoms with Gasteiger partial charge in [-0.25, -0.2) is 0 Å². The second-order valence-corrected chi connectivity index (χ2v) is 18.1. The predicted octanol–water partition coefficient (Wildman–Crippen LogP) is 18.3. The third-order valence-electron chi connectivity index (χ3n) is 14.2. The first kappa shape index (κ1) is 39.8. The summed E-state index contributed by atoms with van der Waals surface area (Å²) in [5.74, 6) is 0. The van der Waals surface area contributed by atoms with Crippen molar-refractivity contribution in [3.8, 4) is 11.4 Å². The maximum absolute atomic E-state index is 2.46. The van der Waals surface area contributed by atoms with E-state index in [9.17, 15) is 0 Å². The molecule has 14 rings (SSSR count). The standard InChI is InChI=1S/C66H44N4/c1-5-20-46(21-6-1)67(50-34-39-64-60(41-50)56-29-15-17-31-62(56)69(64)48-24-9-3-10-25-48)52-43-59-55-36-33-45-19-13-14-28-53(45)54(55)37-38-58(59)66(44-52)68(47-22-7-2-8-23-47)51-35-40-65-61(42-51)57-30-16-18-32-63(57)70(65)49-26-11-4-12-27-49/h1-44H. The van der Waals surface area contributed by atoms with Crippen LogP contribution in [0, 0.1) is 0 Å². The number of aromatic nitrogens is 2. The third kappa shape index (κ3) is 6.31. The van der Waals surface area contributed by atoms with E-state index in [0.717, 1.165) is 50.9 Å². The van der Waals surface area contributed by atoms with Crippen molar-refractivity contribution in [1.82, 2.24) is 9.13 Å². The van der Waals surface area contributed by atoms with E-state index >= 15 is 0 Å². The van der Waals surface area contributed by atoms with Crippen LogP contribution in [0.2, 0.25) is 0 Å². The summed E-state index contributed by atoms with van der Waals surface area (Å²) < 4.78 is 4.78. The van der Waals surface area contributed by atoms with Gasteiger partial charge in [0.25, 0.3) is 0 Å². The predicted molar refractivity (Wildman–Crippen MR) is 297 cm³/mol. The van der Waals surface area contributed by atoms with Gasteiger partial charge in [-0.15, -0.1) is 0 Å². The summed E-state index contributed by atoms with van der Waals surface area (Å²) in [6, 6.07) is 97.5. The lowest BCUT2D eigenvalue weighted by atomic mass is 9.95. The van der Waals surface area contributed by atoms with Gasteiger partial charge in [0.1, 0.15) is 0 Å². The van der Waals surface area contributed by atoms with Crippen molar-refractivity contribution in [3.05, 3.63) is 267 Å². The zero-order valence-electron chi connectivity index (χ0n) is 38.2. The number of benzene rings is 12. The van der Waals surface area contributed by atoms with Crippen molar-refractivity contribution in [2.45, 2.75) is 0 Å². The molecule has 0 fully saturated rings. The van der Waals surface area contributed by atoms with Gasteiger partial charge in [0.15, 0.2) is 0 Å². The van der Waals surface area contributed by atoms with Crippen molar-refractivity contribution < 1.29 is 0 Å². The minimum atomic E-state index is 1.06. The van der Waals surface area contributed by atoms with Crippen LogP contribution in [0.3, 0.4) is 0 Å². The second-order valence-electron chi connectivity index (χ2n) is 18.1. The molecular formula is C66H44N4. The molecule has 0 aliphatic rings. The Kier molecular flexibility index (Phi) is 9.17. The smallest absolute Gasteiger partial charge is 0.0561 e. The Bertz CT molecular complexity index is 4290. The highest BCUT2D eigenvalue weighted by molar-refractivity contribution is 6.21. The molecule has 12 aromatic carbocycles. The molecular weight excluding hydrogens is 849 g/mol. The van der Waals surface area contributed by atoms with Crippen LogP contribution < -0.4 is 9.80 Å². The zero-order chi connectivity index (χ0) is 46.1. The maximum atomic E-state index is 2.46. The monoisotopic (exact) mass is 892 g/mol. The van der Waals surface area contributed by atoms with E-state index < -0.39 is 0 Å². The molecule has 0 bridgehead atoms. The second kappa shape index (κ2) is 16.2. The van der Waals surface area contributed by atoms with E-state index in [4.69, 9.17) is 0 Å². The zero-order valence-corrected chi connectivity index (χ0v) is 38.2. The summed E-state index contributed by atoms with van der Waals surface area (Å²) in [5, 5.41) is 12.1. The molecule has 0 atom stereocenters. The van der Waals surface area contributed by atoms with Gasteiger partial charge in [0.2, 0.25) is 0 Å². The molecule has 70 heavy (non-hydrogen) atoms. The SMILES string of the molecule is c1ccc(N(c2cc(N(c3ccccc3)c3ccc4c(c3)c3ccccc3n4-c3ccccc3)c3ccc4c5ccccc5ccc4c3c2)c2ccc3c(c2)c2ccccc2n3-c2ccccc2)cc1. The van der Waals surface area contributed by atoms with Crippen LogP contribution in [0.1, 0.15) is 0 Å². The summed E-state index contributed by atoms with van der Waals surface area (Å²) >= 11 is 0. The molecule has 0 amide bonds. The van der Waals surface area contributed by atoms with Crippen LogP contribution in [0.4, 0.5) is 34.1 Å². The fourth-order valence-electron chi connectivity index (χ4n) is 11.2. The van der Waals surface area contributed by atoms with E-state index in [-0.39, 0.29) is 0 Å². The highest BCUT2D eigenvalue weighted by Gasteiger charge is 2.24. The van der Waals surface area contributed by atoms with Gasteiger partial charge in [0.05, 0.1) is 27.8 Å². The lowest BCUT2D eigenvalue weighted by Crippen LogP contribution is -2.14.